The number of halogens is 6. The van der Waals surface area contributed by atoms with Gasteiger partial charge in [-0.05, 0) is 51.0 Å². The summed E-state index contributed by atoms with van der Waals surface area (Å²) in [7, 11) is 0. The number of carbonyl (C=O) groups excluding carboxylic acids is 1. The first-order valence-corrected chi connectivity index (χ1v) is 11.5. The van der Waals surface area contributed by atoms with Crippen molar-refractivity contribution in [3.05, 3.63) is 10.6 Å². The SMILES string of the molecule is O=C(CCC(F)(F)F)N[C@H]1CC[C@H](CCN2CCc3sc(OCC(F)(F)F)nc3C2)CC1. The second-order valence-electron chi connectivity index (χ2n) is 8.47. The van der Waals surface area contributed by atoms with Crippen LogP contribution in [-0.2, 0) is 17.8 Å². The second-order valence-corrected chi connectivity index (χ2v) is 9.51. The number of nitrogens with zero attached hydrogens (tertiary/aromatic N) is 2. The molecule has 0 spiro atoms. The first kappa shape index (κ1) is 25.1. The van der Waals surface area contributed by atoms with E-state index in [-0.39, 0.29) is 11.2 Å². The van der Waals surface area contributed by atoms with Crippen LogP contribution in [0.3, 0.4) is 0 Å². The maximum atomic E-state index is 12.3. The molecular formula is C20H27F6N3O2S. The van der Waals surface area contributed by atoms with Gasteiger partial charge in [0.2, 0.25) is 5.91 Å². The van der Waals surface area contributed by atoms with Crippen molar-refractivity contribution in [1.82, 2.24) is 15.2 Å². The van der Waals surface area contributed by atoms with Crippen LogP contribution in [0.2, 0.25) is 0 Å². The molecule has 0 atom stereocenters. The molecule has 1 aromatic heterocycles. The molecule has 3 rings (SSSR count). The largest absolute Gasteiger partial charge is 0.460 e. The molecule has 1 saturated carbocycles. The van der Waals surface area contributed by atoms with Gasteiger partial charge >= 0.3 is 12.4 Å². The molecule has 182 valence electrons. The van der Waals surface area contributed by atoms with Gasteiger partial charge in [-0.1, -0.05) is 11.3 Å². The van der Waals surface area contributed by atoms with Gasteiger partial charge in [-0.3, -0.25) is 9.69 Å². The molecule has 0 unspecified atom stereocenters. The van der Waals surface area contributed by atoms with E-state index in [9.17, 15) is 31.1 Å². The number of thiazole rings is 1. The number of fused-ring (bicyclic) bond motifs is 1. The lowest BCUT2D eigenvalue weighted by molar-refractivity contribution is -0.153. The zero-order valence-corrected chi connectivity index (χ0v) is 18.3. The summed E-state index contributed by atoms with van der Waals surface area (Å²) in [6.45, 7) is 0.919. The lowest BCUT2D eigenvalue weighted by Gasteiger charge is -2.32. The minimum absolute atomic E-state index is 0.0600. The van der Waals surface area contributed by atoms with Crippen LogP contribution in [0.4, 0.5) is 26.3 Å². The van der Waals surface area contributed by atoms with Crippen LogP contribution in [0.5, 0.6) is 5.19 Å². The molecule has 12 heteroatoms. The number of hydrogen-bond donors (Lipinski definition) is 1. The zero-order chi connectivity index (χ0) is 23.4. The summed E-state index contributed by atoms with van der Waals surface area (Å²) in [5.41, 5.74) is 0.781. The molecule has 0 bridgehead atoms. The van der Waals surface area contributed by atoms with Gasteiger partial charge in [0.15, 0.2) is 6.61 Å². The van der Waals surface area contributed by atoms with Crippen molar-refractivity contribution in [2.45, 2.75) is 76.3 Å². The maximum absolute atomic E-state index is 12.3. The number of rotatable bonds is 8. The molecule has 0 aromatic carbocycles. The Bertz CT molecular complexity index is 759. The lowest BCUT2D eigenvalue weighted by Crippen LogP contribution is -2.38. The number of carbonyl (C=O) groups is 1. The predicted octanol–water partition coefficient (Wildman–Crippen LogP) is 4.85. The fourth-order valence-electron chi connectivity index (χ4n) is 4.14. The molecule has 1 aliphatic carbocycles. The maximum Gasteiger partial charge on any atom is 0.422 e. The van der Waals surface area contributed by atoms with E-state index in [1.807, 2.05) is 0 Å². The highest BCUT2D eigenvalue weighted by Gasteiger charge is 2.31. The number of hydrogen-bond acceptors (Lipinski definition) is 5. The highest BCUT2D eigenvalue weighted by atomic mass is 32.1. The summed E-state index contributed by atoms with van der Waals surface area (Å²) >= 11 is 1.18. The van der Waals surface area contributed by atoms with Crippen molar-refractivity contribution in [3.63, 3.8) is 0 Å². The summed E-state index contributed by atoms with van der Waals surface area (Å²) in [5.74, 6) is -0.0578. The third-order valence-electron chi connectivity index (χ3n) is 5.85. The Hall–Kier alpha value is -1.56. The molecule has 1 N–H and O–H groups in total. The van der Waals surface area contributed by atoms with Crippen molar-refractivity contribution in [1.29, 1.82) is 0 Å². The van der Waals surface area contributed by atoms with Crippen molar-refractivity contribution < 1.29 is 35.9 Å². The first-order chi connectivity index (χ1) is 15.0. The van der Waals surface area contributed by atoms with E-state index in [0.29, 0.717) is 12.5 Å². The fourth-order valence-corrected chi connectivity index (χ4v) is 5.05. The number of ether oxygens (including phenoxy) is 1. The number of amides is 1. The third kappa shape index (κ3) is 8.42. The van der Waals surface area contributed by atoms with Crippen molar-refractivity contribution >= 4 is 17.2 Å². The Labute approximate surface area is 186 Å². The monoisotopic (exact) mass is 487 g/mol. The highest BCUT2D eigenvalue weighted by molar-refractivity contribution is 7.13. The molecule has 0 radical (unpaired) electrons. The van der Waals surface area contributed by atoms with Crippen molar-refractivity contribution in [2.24, 2.45) is 5.92 Å². The van der Waals surface area contributed by atoms with Gasteiger partial charge < -0.3 is 10.1 Å². The number of nitrogens with one attached hydrogen (secondary N) is 1. The van der Waals surface area contributed by atoms with Crippen molar-refractivity contribution in [3.8, 4) is 5.19 Å². The Balaban J connectivity index is 1.34. The Morgan fingerprint density at radius 2 is 1.84 bits per heavy atom. The van der Waals surface area contributed by atoms with Crippen LogP contribution in [0, 0.1) is 5.92 Å². The van der Waals surface area contributed by atoms with Gasteiger partial charge in [0.1, 0.15) is 0 Å². The van der Waals surface area contributed by atoms with E-state index in [0.717, 1.165) is 62.2 Å². The Morgan fingerprint density at radius 3 is 2.50 bits per heavy atom. The third-order valence-corrected chi connectivity index (χ3v) is 6.92. The molecule has 2 aliphatic rings. The van der Waals surface area contributed by atoms with Gasteiger partial charge in [0.25, 0.3) is 5.19 Å². The molecule has 0 saturated heterocycles. The summed E-state index contributed by atoms with van der Waals surface area (Å²) in [4.78, 5) is 19.1. The predicted molar refractivity (Wildman–Crippen MR) is 106 cm³/mol. The molecule has 2 heterocycles. The first-order valence-electron chi connectivity index (χ1n) is 10.7. The second kappa shape index (κ2) is 10.6. The van der Waals surface area contributed by atoms with Gasteiger partial charge in [-0.25, -0.2) is 4.98 Å². The number of alkyl halides is 6. The normalized spacial score (nSPS) is 22.4. The summed E-state index contributed by atoms with van der Waals surface area (Å²) in [6.07, 6.45) is -5.28. The summed E-state index contributed by atoms with van der Waals surface area (Å²) in [5, 5.41) is 2.77. The van der Waals surface area contributed by atoms with Crippen LogP contribution in [-0.4, -0.2) is 53.9 Å². The van der Waals surface area contributed by atoms with Crippen LogP contribution in [0.1, 0.15) is 55.5 Å². The van der Waals surface area contributed by atoms with E-state index < -0.39 is 37.7 Å². The Kier molecular flexibility index (Phi) is 8.29. The smallest absolute Gasteiger partial charge is 0.422 e. The summed E-state index contributed by atoms with van der Waals surface area (Å²) < 4.78 is 78.3. The molecular weight excluding hydrogens is 460 g/mol. The van der Waals surface area contributed by atoms with E-state index in [4.69, 9.17) is 4.74 Å². The quantitative estimate of drug-likeness (QED) is 0.533. The molecule has 1 amide bonds. The molecule has 1 aliphatic heterocycles. The fraction of sp³-hybridized carbons (Fsp3) is 0.800. The zero-order valence-electron chi connectivity index (χ0n) is 17.5. The minimum atomic E-state index is -4.39. The van der Waals surface area contributed by atoms with Crippen LogP contribution in [0.25, 0.3) is 0 Å². The standard InChI is InChI=1S/C20H27F6N3O2S/c21-19(22,23)8-5-17(30)27-14-3-1-13(2-4-14)6-9-29-10-7-16-15(11-29)28-18(32-16)31-12-20(24,25)26/h13-14H,1-12H2,(H,27,30)/t13-,14-. The number of aromatic nitrogens is 1. The lowest BCUT2D eigenvalue weighted by atomic mass is 9.84. The van der Waals surface area contributed by atoms with Crippen molar-refractivity contribution in [2.75, 3.05) is 19.7 Å². The van der Waals surface area contributed by atoms with Gasteiger partial charge in [-0.15, -0.1) is 0 Å². The van der Waals surface area contributed by atoms with Gasteiger partial charge in [0, 0.05) is 30.4 Å². The average Bonchev–Trinajstić information content (AvgIpc) is 3.12. The van der Waals surface area contributed by atoms with E-state index in [2.05, 4.69) is 15.2 Å². The minimum Gasteiger partial charge on any atom is -0.460 e. The topological polar surface area (TPSA) is 54.5 Å². The Morgan fingerprint density at radius 1 is 1.12 bits per heavy atom. The van der Waals surface area contributed by atoms with E-state index in [1.165, 1.54) is 11.3 Å². The molecule has 5 nitrogen and oxygen atoms in total. The molecule has 1 fully saturated rings. The van der Waals surface area contributed by atoms with Crippen LogP contribution < -0.4 is 10.1 Å². The highest BCUT2D eigenvalue weighted by Crippen LogP contribution is 2.32. The van der Waals surface area contributed by atoms with Crippen LogP contribution >= 0.6 is 11.3 Å². The molecule has 32 heavy (non-hydrogen) atoms. The summed E-state index contributed by atoms with van der Waals surface area (Å²) in [6, 6.07) is -0.0605. The van der Waals surface area contributed by atoms with E-state index >= 15 is 0 Å². The van der Waals surface area contributed by atoms with Crippen LogP contribution in [0.15, 0.2) is 0 Å². The molecule has 1 aromatic rings. The van der Waals surface area contributed by atoms with Gasteiger partial charge in [-0.2, -0.15) is 26.3 Å². The van der Waals surface area contributed by atoms with Gasteiger partial charge in [0.05, 0.1) is 12.1 Å². The van der Waals surface area contributed by atoms with E-state index in [1.54, 1.807) is 0 Å². The average molecular weight is 488 g/mol.